The Kier molecular flexibility index (Phi) is 5.05. The largest absolute Gasteiger partial charge is 0.490 e. The van der Waals surface area contributed by atoms with E-state index in [0.717, 1.165) is 10.8 Å². The van der Waals surface area contributed by atoms with Gasteiger partial charge in [0.1, 0.15) is 12.9 Å². The number of halogens is 1. The number of hydrogen-bond acceptors (Lipinski definition) is 3. The topological polar surface area (TPSA) is 35.5 Å². The van der Waals surface area contributed by atoms with Gasteiger partial charge >= 0.3 is 0 Å². The third-order valence-corrected chi connectivity index (χ3v) is 2.02. The van der Waals surface area contributed by atoms with Crippen LogP contribution in [-0.2, 0) is 0 Å². The molecule has 1 rings (SSSR count). The zero-order valence-electron chi connectivity index (χ0n) is 9.03. The molecular formula is C12H13BrO3. The van der Waals surface area contributed by atoms with Gasteiger partial charge in [-0.15, -0.1) is 0 Å². The normalized spacial score (nSPS) is 9.62. The second-order valence-corrected chi connectivity index (χ2v) is 4.18. The summed E-state index contributed by atoms with van der Waals surface area (Å²) in [5.41, 5.74) is 0.563. The fraction of sp³-hybridized carbons (Fsp3) is 0.250. The molecule has 0 aliphatic rings. The predicted molar refractivity (Wildman–Crippen MR) is 66.6 cm³/mol. The lowest BCUT2D eigenvalue weighted by atomic mass is 10.2. The number of ether oxygens (including phenoxy) is 2. The molecule has 0 bridgehead atoms. The number of hydrogen-bond donors (Lipinski definition) is 0. The number of aldehydes is 1. The summed E-state index contributed by atoms with van der Waals surface area (Å²) in [5, 5.41) is 0. The summed E-state index contributed by atoms with van der Waals surface area (Å²) in [6, 6.07) is 5.05. The monoisotopic (exact) mass is 284 g/mol. The van der Waals surface area contributed by atoms with Crippen LogP contribution in [0.25, 0.3) is 0 Å². The van der Waals surface area contributed by atoms with Crippen molar-refractivity contribution in [2.24, 2.45) is 0 Å². The molecule has 0 unspecified atom stereocenters. The Hall–Kier alpha value is -1.29. The first kappa shape index (κ1) is 12.8. The molecule has 4 heteroatoms. The van der Waals surface area contributed by atoms with Crippen LogP contribution in [0.4, 0.5) is 0 Å². The van der Waals surface area contributed by atoms with E-state index in [1.165, 1.54) is 0 Å². The van der Waals surface area contributed by atoms with Gasteiger partial charge in [-0.3, -0.25) is 4.79 Å². The van der Waals surface area contributed by atoms with Crippen molar-refractivity contribution in [3.05, 3.63) is 34.8 Å². The highest BCUT2D eigenvalue weighted by Crippen LogP contribution is 2.28. The zero-order valence-corrected chi connectivity index (χ0v) is 10.6. The highest BCUT2D eigenvalue weighted by Gasteiger charge is 2.06. The van der Waals surface area contributed by atoms with Crippen LogP contribution >= 0.6 is 15.9 Å². The van der Waals surface area contributed by atoms with E-state index in [4.69, 9.17) is 9.47 Å². The summed E-state index contributed by atoms with van der Waals surface area (Å²) >= 11 is 3.21. The fourth-order valence-electron chi connectivity index (χ4n) is 1.14. The number of carbonyl (C=O) groups is 1. The maximum absolute atomic E-state index is 10.6. The van der Waals surface area contributed by atoms with Crippen molar-refractivity contribution < 1.29 is 14.3 Å². The molecular weight excluding hydrogens is 272 g/mol. The van der Waals surface area contributed by atoms with E-state index in [9.17, 15) is 4.79 Å². The molecule has 1 aromatic rings. The zero-order chi connectivity index (χ0) is 12.0. The van der Waals surface area contributed by atoms with E-state index in [0.29, 0.717) is 30.3 Å². The first-order valence-corrected chi connectivity index (χ1v) is 5.64. The molecule has 0 heterocycles. The van der Waals surface area contributed by atoms with Gasteiger partial charge in [0, 0.05) is 10.0 Å². The highest BCUT2D eigenvalue weighted by molar-refractivity contribution is 9.11. The van der Waals surface area contributed by atoms with Crippen molar-refractivity contribution in [2.45, 2.75) is 6.92 Å². The van der Waals surface area contributed by atoms with Crippen LogP contribution in [0.3, 0.4) is 0 Å². The van der Waals surface area contributed by atoms with Crippen molar-refractivity contribution in [2.75, 3.05) is 13.2 Å². The molecule has 0 amide bonds. The lowest BCUT2D eigenvalue weighted by molar-refractivity contribution is 0.112. The Morgan fingerprint density at radius 1 is 1.44 bits per heavy atom. The van der Waals surface area contributed by atoms with E-state index in [1.807, 2.05) is 6.92 Å². The summed E-state index contributed by atoms with van der Waals surface area (Å²) in [7, 11) is 0. The quantitative estimate of drug-likeness (QED) is 0.753. The van der Waals surface area contributed by atoms with Crippen LogP contribution < -0.4 is 9.47 Å². The van der Waals surface area contributed by atoms with Crippen LogP contribution in [-0.4, -0.2) is 19.5 Å². The Morgan fingerprint density at radius 2 is 2.19 bits per heavy atom. The Morgan fingerprint density at radius 3 is 2.75 bits per heavy atom. The fourth-order valence-corrected chi connectivity index (χ4v) is 1.26. The van der Waals surface area contributed by atoms with Gasteiger partial charge in [-0.25, -0.2) is 0 Å². The van der Waals surface area contributed by atoms with E-state index < -0.39 is 0 Å². The van der Waals surface area contributed by atoms with Gasteiger partial charge in [-0.1, -0.05) is 22.5 Å². The molecule has 0 N–H and O–H groups in total. The van der Waals surface area contributed by atoms with E-state index in [1.54, 1.807) is 18.2 Å². The van der Waals surface area contributed by atoms with Crippen LogP contribution in [0.5, 0.6) is 11.5 Å². The smallest absolute Gasteiger partial charge is 0.161 e. The molecule has 0 spiro atoms. The molecule has 0 aliphatic carbocycles. The molecule has 1 aromatic carbocycles. The molecule has 0 saturated heterocycles. The van der Waals surface area contributed by atoms with Gasteiger partial charge in [-0.2, -0.15) is 0 Å². The molecule has 0 atom stereocenters. The first-order valence-electron chi connectivity index (χ1n) is 4.85. The molecule has 16 heavy (non-hydrogen) atoms. The molecule has 3 nitrogen and oxygen atoms in total. The van der Waals surface area contributed by atoms with E-state index in [-0.39, 0.29) is 0 Å². The Bertz CT molecular complexity index is 388. The van der Waals surface area contributed by atoms with E-state index in [2.05, 4.69) is 22.5 Å². The summed E-state index contributed by atoms with van der Waals surface area (Å²) in [4.78, 5) is 10.6. The number of benzene rings is 1. The average molecular weight is 285 g/mol. The molecule has 0 fully saturated rings. The van der Waals surface area contributed by atoms with Crippen LogP contribution in [0.1, 0.15) is 17.3 Å². The van der Waals surface area contributed by atoms with Gasteiger partial charge < -0.3 is 9.47 Å². The molecule has 0 aromatic heterocycles. The minimum atomic E-state index is 0.362. The molecule has 0 aliphatic heterocycles. The van der Waals surface area contributed by atoms with Crippen molar-refractivity contribution in [3.63, 3.8) is 0 Å². The number of carbonyl (C=O) groups excluding carboxylic acids is 1. The van der Waals surface area contributed by atoms with Gasteiger partial charge in [-0.05, 0) is 25.1 Å². The number of rotatable bonds is 6. The third kappa shape index (κ3) is 3.70. The van der Waals surface area contributed by atoms with Crippen molar-refractivity contribution in [3.8, 4) is 11.5 Å². The first-order chi connectivity index (χ1) is 7.67. The maximum Gasteiger partial charge on any atom is 0.161 e. The summed E-state index contributed by atoms with van der Waals surface area (Å²) in [6.07, 6.45) is 0.774. The average Bonchev–Trinajstić information content (AvgIpc) is 2.27. The summed E-state index contributed by atoms with van der Waals surface area (Å²) in [6.45, 7) is 6.43. The highest BCUT2D eigenvalue weighted by atomic mass is 79.9. The SMILES string of the molecule is C=C(Br)COc1ccc(C=O)cc1OCC. The maximum atomic E-state index is 10.6. The lowest BCUT2D eigenvalue weighted by Gasteiger charge is -2.11. The molecule has 0 saturated carbocycles. The van der Waals surface area contributed by atoms with Crippen LogP contribution in [0.15, 0.2) is 29.3 Å². The van der Waals surface area contributed by atoms with Crippen molar-refractivity contribution in [1.29, 1.82) is 0 Å². The Labute approximate surface area is 103 Å². The van der Waals surface area contributed by atoms with E-state index >= 15 is 0 Å². The van der Waals surface area contributed by atoms with Gasteiger partial charge in [0.05, 0.1) is 6.61 Å². The summed E-state index contributed by atoms with van der Waals surface area (Å²) in [5.74, 6) is 1.17. The van der Waals surface area contributed by atoms with Crippen LogP contribution in [0.2, 0.25) is 0 Å². The standard InChI is InChI=1S/C12H13BrO3/c1-3-15-12-6-10(7-14)4-5-11(12)16-8-9(2)13/h4-7H,2-3,8H2,1H3. The van der Waals surface area contributed by atoms with Gasteiger partial charge in [0.2, 0.25) is 0 Å². The Balaban J connectivity index is 2.88. The third-order valence-electron chi connectivity index (χ3n) is 1.79. The summed E-state index contributed by atoms with van der Waals surface area (Å²) < 4.78 is 11.6. The predicted octanol–water partition coefficient (Wildman–Crippen LogP) is 3.19. The molecule has 0 radical (unpaired) electrons. The lowest BCUT2D eigenvalue weighted by Crippen LogP contribution is -2.01. The second-order valence-electron chi connectivity index (χ2n) is 3.06. The van der Waals surface area contributed by atoms with Gasteiger partial charge in [0.25, 0.3) is 0 Å². The minimum Gasteiger partial charge on any atom is -0.490 e. The molecule has 86 valence electrons. The van der Waals surface area contributed by atoms with Crippen LogP contribution in [0, 0.1) is 0 Å². The van der Waals surface area contributed by atoms with Crippen molar-refractivity contribution in [1.82, 2.24) is 0 Å². The minimum absolute atomic E-state index is 0.362. The van der Waals surface area contributed by atoms with Crippen molar-refractivity contribution >= 4 is 22.2 Å². The van der Waals surface area contributed by atoms with Gasteiger partial charge in [0.15, 0.2) is 11.5 Å². The second kappa shape index (κ2) is 6.33.